The lowest BCUT2D eigenvalue weighted by atomic mass is 10.3. The number of nitrogens with one attached hydrogen (secondary N) is 2. The molecule has 2 heterocycles. The van der Waals surface area contributed by atoms with Crippen LogP contribution in [0.1, 0.15) is 11.3 Å². The smallest absolute Gasteiger partial charge is 0.172 e. The number of anilines is 1. The monoisotopic (exact) mass is 281 g/mol. The summed E-state index contributed by atoms with van der Waals surface area (Å²) in [7, 11) is 0. The van der Waals surface area contributed by atoms with E-state index in [0.29, 0.717) is 22.5 Å². The van der Waals surface area contributed by atoms with Gasteiger partial charge in [0.25, 0.3) is 0 Å². The molecule has 0 atom stereocenters. The lowest BCUT2D eigenvalue weighted by Gasteiger charge is -2.10. The summed E-state index contributed by atoms with van der Waals surface area (Å²) in [5.41, 5.74) is 0.935. The molecule has 6 heteroatoms. The van der Waals surface area contributed by atoms with Crippen LogP contribution < -0.4 is 10.6 Å². The molecule has 0 aromatic carbocycles. The van der Waals surface area contributed by atoms with Crippen molar-refractivity contribution in [1.82, 2.24) is 10.3 Å². The van der Waals surface area contributed by atoms with Crippen LogP contribution in [0.3, 0.4) is 0 Å². The van der Waals surface area contributed by atoms with Crippen molar-refractivity contribution in [2.75, 3.05) is 5.32 Å². The Bertz CT molecular complexity index is 542. The van der Waals surface area contributed by atoms with Crippen molar-refractivity contribution in [2.45, 2.75) is 13.5 Å². The maximum Gasteiger partial charge on any atom is 0.172 e. The van der Waals surface area contributed by atoms with Gasteiger partial charge in [0.1, 0.15) is 11.6 Å². The highest BCUT2D eigenvalue weighted by Gasteiger charge is 2.04. The van der Waals surface area contributed by atoms with Crippen LogP contribution in [0.15, 0.2) is 35.1 Å². The molecule has 0 aliphatic heterocycles. The molecule has 94 valence electrons. The molecular weight excluding hydrogens is 270 g/mol. The first-order valence-electron chi connectivity index (χ1n) is 5.34. The van der Waals surface area contributed by atoms with Gasteiger partial charge in [-0.1, -0.05) is 11.6 Å². The molecule has 0 aliphatic rings. The number of aryl methyl sites for hydroxylation is 1. The fraction of sp³-hybridized carbons (Fsp3) is 0.167. The number of hydrogen-bond donors (Lipinski definition) is 2. The predicted molar refractivity (Wildman–Crippen MR) is 75.8 cm³/mol. The van der Waals surface area contributed by atoms with Crippen molar-refractivity contribution >= 4 is 34.7 Å². The number of furan rings is 1. The van der Waals surface area contributed by atoms with Crippen molar-refractivity contribution in [3.05, 3.63) is 47.0 Å². The van der Waals surface area contributed by atoms with Gasteiger partial charge in [0.15, 0.2) is 5.11 Å². The zero-order valence-electron chi connectivity index (χ0n) is 9.74. The van der Waals surface area contributed by atoms with E-state index in [0.717, 1.165) is 11.3 Å². The minimum atomic E-state index is 0.490. The molecule has 2 aromatic heterocycles. The summed E-state index contributed by atoms with van der Waals surface area (Å²) in [5, 5.41) is 7.13. The topological polar surface area (TPSA) is 50.1 Å². The third kappa shape index (κ3) is 3.45. The van der Waals surface area contributed by atoms with Gasteiger partial charge in [-0.05, 0) is 42.9 Å². The van der Waals surface area contributed by atoms with Gasteiger partial charge >= 0.3 is 0 Å². The van der Waals surface area contributed by atoms with Crippen molar-refractivity contribution in [1.29, 1.82) is 0 Å². The summed E-state index contributed by atoms with van der Waals surface area (Å²) in [6, 6.07) is 5.53. The van der Waals surface area contributed by atoms with Crippen LogP contribution in [0.5, 0.6) is 0 Å². The van der Waals surface area contributed by atoms with E-state index in [2.05, 4.69) is 15.6 Å². The van der Waals surface area contributed by atoms with Crippen LogP contribution in [-0.2, 0) is 6.54 Å². The lowest BCUT2D eigenvalue weighted by molar-refractivity contribution is 0.503. The van der Waals surface area contributed by atoms with Gasteiger partial charge in [-0.15, -0.1) is 0 Å². The van der Waals surface area contributed by atoms with Crippen molar-refractivity contribution in [3.63, 3.8) is 0 Å². The van der Waals surface area contributed by atoms with Gasteiger partial charge in [0, 0.05) is 6.20 Å². The van der Waals surface area contributed by atoms with E-state index < -0.39 is 0 Å². The SMILES string of the molecule is Cc1cc(Cl)cnc1NC(=S)NCc1ccco1. The number of aromatic nitrogens is 1. The molecule has 0 amide bonds. The van der Waals surface area contributed by atoms with E-state index in [-0.39, 0.29) is 0 Å². The van der Waals surface area contributed by atoms with Crippen molar-refractivity contribution in [2.24, 2.45) is 0 Å². The van der Waals surface area contributed by atoms with Gasteiger partial charge in [-0.25, -0.2) is 4.98 Å². The van der Waals surface area contributed by atoms with Crippen LogP contribution in [0, 0.1) is 6.92 Å². The molecule has 0 fully saturated rings. The second-order valence-corrected chi connectivity index (χ2v) is 4.55. The Morgan fingerprint density at radius 2 is 2.39 bits per heavy atom. The number of nitrogens with zero attached hydrogens (tertiary/aromatic N) is 1. The molecule has 0 unspecified atom stereocenters. The van der Waals surface area contributed by atoms with Crippen molar-refractivity contribution in [3.8, 4) is 0 Å². The summed E-state index contributed by atoms with van der Waals surface area (Å²) in [6.07, 6.45) is 3.20. The molecule has 2 N–H and O–H groups in total. The minimum Gasteiger partial charge on any atom is -0.467 e. The Morgan fingerprint density at radius 1 is 1.56 bits per heavy atom. The van der Waals surface area contributed by atoms with E-state index in [1.165, 1.54) is 0 Å². The minimum absolute atomic E-state index is 0.490. The Labute approximate surface area is 115 Å². The molecule has 0 bridgehead atoms. The normalized spacial score (nSPS) is 10.1. The largest absolute Gasteiger partial charge is 0.467 e. The van der Waals surface area contributed by atoms with E-state index in [9.17, 15) is 0 Å². The predicted octanol–water partition coefficient (Wildman–Crippen LogP) is 3.12. The van der Waals surface area contributed by atoms with Gasteiger partial charge in [-0.3, -0.25) is 0 Å². The maximum absolute atomic E-state index is 5.83. The summed E-state index contributed by atoms with van der Waals surface area (Å²) in [4.78, 5) is 4.17. The first-order chi connectivity index (χ1) is 8.65. The van der Waals surface area contributed by atoms with Gasteiger partial charge in [0.05, 0.1) is 17.8 Å². The Balaban J connectivity index is 1.91. The highest BCUT2D eigenvalue weighted by molar-refractivity contribution is 7.80. The molecule has 0 saturated heterocycles. The summed E-state index contributed by atoms with van der Waals surface area (Å²) >= 11 is 11.0. The molecule has 2 aromatic rings. The number of thiocarbonyl (C=S) groups is 1. The van der Waals surface area contributed by atoms with Gasteiger partial charge < -0.3 is 15.1 Å². The fourth-order valence-electron chi connectivity index (χ4n) is 1.40. The number of halogens is 1. The first-order valence-corrected chi connectivity index (χ1v) is 6.13. The van der Waals surface area contributed by atoms with Crippen LogP contribution in [0.25, 0.3) is 0 Å². The fourth-order valence-corrected chi connectivity index (χ4v) is 1.78. The van der Waals surface area contributed by atoms with E-state index in [1.54, 1.807) is 12.5 Å². The Morgan fingerprint density at radius 3 is 3.06 bits per heavy atom. The maximum atomic E-state index is 5.83. The van der Waals surface area contributed by atoms with Crippen LogP contribution in [0.4, 0.5) is 5.82 Å². The zero-order chi connectivity index (χ0) is 13.0. The molecule has 18 heavy (non-hydrogen) atoms. The molecule has 0 radical (unpaired) electrons. The van der Waals surface area contributed by atoms with E-state index >= 15 is 0 Å². The molecule has 0 spiro atoms. The second kappa shape index (κ2) is 5.84. The third-order valence-corrected chi connectivity index (χ3v) is 2.73. The second-order valence-electron chi connectivity index (χ2n) is 3.71. The summed E-state index contributed by atoms with van der Waals surface area (Å²) in [6.45, 7) is 2.45. The summed E-state index contributed by atoms with van der Waals surface area (Å²) < 4.78 is 5.19. The van der Waals surface area contributed by atoms with Crippen LogP contribution in [-0.4, -0.2) is 10.1 Å². The Kier molecular flexibility index (Phi) is 4.17. The summed E-state index contributed by atoms with van der Waals surface area (Å²) in [5.74, 6) is 1.51. The highest BCUT2D eigenvalue weighted by Crippen LogP contribution is 2.15. The third-order valence-electron chi connectivity index (χ3n) is 2.28. The number of pyridine rings is 1. The highest BCUT2D eigenvalue weighted by atomic mass is 35.5. The van der Waals surface area contributed by atoms with Crippen molar-refractivity contribution < 1.29 is 4.42 Å². The van der Waals surface area contributed by atoms with E-state index in [4.69, 9.17) is 28.2 Å². The lowest BCUT2D eigenvalue weighted by Crippen LogP contribution is -2.28. The number of hydrogen-bond acceptors (Lipinski definition) is 3. The quantitative estimate of drug-likeness (QED) is 0.847. The zero-order valence-corrected chi connectivity index (χ0v) is 11.3. The average Bonchev–Trinajstić information content (AvgIpc) is 2.83. The van der Waals surface area contributed by atoms with Crippen LogP contribution >= 0.6 is 23.8 Å². The molecule has 2 rings (SSSR count). The molecule has 0 saturated carbocycles. The van der Waals surface area contributed by atoms with E-state index in [1.807, 2.05) is 25.1 Å². The molecular formula is C12H12ClN3OS. The van der Waals surface area contributed by atoms with Gasteiger partial charge in [-0.2, -0.15) is 0 Å². The number of rotatable bonds is 3. The standard InChI is InChI=1S/C12H12ClN3OS/c1-8-5-9(13)6-14-11(8)16-12(18)15-7-10-3-2-4-17-10/h2-6H,7H2,1H3,(H2,14,15,16,18). The van der Waals surface area contributed by atoms with Gasteiger partial charge in [0.2, 0.25) is 0 Å². The average molecular weight is 282 g/mol. The molecule has 0 aliphatic carbocycles. The Hall–Kier alpha value is -1.59. The van der Waals surface area contributed by atoms with Crippen LogP contribution in [0.2, 0.25) is 5.02 Å². The molecule has 4 nitrogen and oxygen atoms in total. The first kappa shape index (κ1) is 12.9.